The average Bonchev–Trinajstić information content (AvgIpc) is 3.12. The van der Waals surface area contributed by atoms with Gasteiger partial charge in [0, 0.05) is 32.7 Å². The Morgan fingerprint density at radius 1 is 0.885 bits per heavy atom. The summed E-state index contributed by atoms with van der Waals surface area (Å²) in [5, 5.41) is 0. The first kappa shape index (κ1) is 17.6. The lowest BCUT2D eigenvalue weighted by molar-refractivity contribution is 0.181. The molecule has 0 atom stereocenters. The van der Waals surface area contributed by atoms with E-state index in [1.807, 2.05) is 12.1 Å². The van der Waals surface area contributed by atoms with E-state index in [2.05, 4.69) is 4.90 Å². The standard InChI is InChI=1S/C20H23FN2O2S/c21-19-7-4-16(5-8-19)15-22-10-12-23(13-11-22)26(24,25)20-9-6-17-2-1-3-18(17)14-20/h4-9,14H,1-3,10-13,15H2. The largest absolute Gasteiger partial charge is 0.296 e. The van der Waals surface area contributed by atoms with Crippen LogP contribution in [0, 0.1) is 5.82 Å². The van der Waals surface area contributed by atoms with Gasteiger partial charge in [-0.1, -0.05) is 18.2 Å². The van der Waals surface area contributed by atoms with Crippen LogP contribution < -0.4 is 0 Å². The van der Waals surface area contributed by atoms with Gasteiger partial charge < -0.3 is 0 Å². The topological polar surface area (TPSA) is 40.6 Å². The lowest BCUT2D eigenvalue weighted by Crippen LogP contribution is -2.48. The van der Waals surface area contributed by atoms with Crippen LogP contribution in [-0.2, 0) is 29.4 Å². The highest BCUT2D eigenvalue weighted by Gasteiger charge is 2.29. The molecule has 0 amide bonds. The van der Waals surface area contributed by atoms with Crippen LogP contribution in [0.4, 0.5) is 4.39 Å². The number of benzene rings is 2. The van der Waals surface area contributed by atoms with Crippen molar-refractivity contribution in [2.75, 3.05) is 26.2 Å². The van der Waals surface area contributed by atoms with Crippen molar-refractivity contribution in [1.82, 2.24) is 9.21 Å². The molecule has 0 bridgehead atoms. The van der Waals surface area contributed by atoms with E-state index in [1.54, 1.807) is 22.5 Å². The van der Waals surface area contributed by atoms with Crippen LogP contribution in [0.25, 0.3) is 0 Å². The number of hydrogen-bond acceptors (Lipinski definition) is 3. The average molecular weight is 374 g/mol. The number of sulfonamides is 1. The minimum absolute atomic E-state index is 0.237. The molecule has 2 aromatic rings. The van der Waals surface area contributed by atoms with Gasteiger partial charge in [0.1, 0.15) is 5.82 Å². The van der Waals surface area contributed by atoms with Crippen molar-refractivity contribution in [3.8, 4) is 0 Å². The van der Waals surface area contributed by atoms with Gasteiger partial charge in [-0.15, -0.1) is 0 Å². The van der Waals surface area contributed by atoms with Crippen molar-refractivity contribution in [2.45, 2.75) is 30.7 Å². The van der Waals surface area contributed by atoms with Gasteiger partial charge in [-0.2, -0.15) is 4.31 Å². The normalized spacial score (nSPS) is 18.8. The Bertz CT molecular complexity index is 889. The van der Waals surface area contributed by atoms with Crippen molar-refractivity contribution in [3.63, 3.8) is 0 Å². The predicted molar refractivity (Wildman–Crippen MR) is 98.9 cm³/mol. The first-order valence-corrected chi connectivity index (χ1v) is 10.6. The van der Waals surface area contributed by atoms with Crippen LogP contribution >= 0.6 is 0 Å². The van der Waals surface area contributed by atoms with Gasteiger partial charge in [-0.05, 0) is 60.2 Å². The maximum atomic E-state index is 13.0. The second kappa shape index (κ2) is 7.10. The van der Waals surface area contributed by atoms with Crippen LogP contribution in [0.15, 0.2) is 47.4 Å². The van der Waals surface area contributed by atoms with E-state index in [1.165, 1.54) is 23.3 Å². The van der Waals surface area contributed by atoms with Crippen LogP contribution in [0.1, 0.15) is 23.1 Å². The first-order valence-electron chi connectivity index (χ1n) is 9.11. The van der Waals surface area contributed by atoms with Gasteiger partial charge in [-0.3, -0.25) is 4.90 Å². The number of piperazine rings is 1. The van der Waals surface area contributed by atoms with Crippen LogP contribution in [0.5, 0.6) is 0 Å². The molecular formula is C20H23FN2O2S. The van der Waals surface area contributed by atoms with Gasteiger partial charge in [0.05, 0.1) is 4.90 Å². The van der Waals surface area contributed by atoms with E-state index < -0.39 is 10.0 Å². The molecule has 4 nitrogen and oxygen atoms in total. The summed E-state index contributed by atoms with van der Waals surface area (Å²) in [6, 6.07) is 12.1. The zero-order chi connectivity index (χ0) is 18.1. The molecule has 0 N–H and O–H groups in total. The number of nitrogens with zero attached hydrogens (tertiary/aromatic N) is 2. The first-order chi connectivity index (χ1) is 12.5. The smallest absolute Gasteiger partial charge is 0.243 e. The number of rotatable bonds is 4. The lowest BCUT2D eigenvalue weighted by atomic mass is 10.1. The molecule has 1 aliphatic heterocycles. The SMILES string of the molecule is O=S(=O)(c1ccc2c(c1)CCC2)N1CCN(Cc2ccc(F)cc2)CC1. The van der Waals surface area contributed by atoms with Crippen LogP contribution in [0.3, 0.4) is 0 Å². The van der Waals surface area contributed by atoms with Crippen molar-refractivity contribution < 1.29 is 12.8 Å². The summed E-state index contributed by atoms with van der Waals surface area (Å²) in [6.07, 6.45) is 3.14. The van der Waals surface area contributed by atoms with E-state index in [-0.39, 0.29) is 5.82 Å². The predicted octanol–water partition coefficient (Wildman–Crippen LogP) is 2.82. The summed E-state index contributed by atoms with van der Waals surface area (Å²) in [5.41, 5.74) is 3.51. The minimum atomic E-state index is -3.43. The van der Waals surface area contributed by atoms with E-state index in [9.17, 15) is 12.8 Å². The van der Waals surface area contributed by atoms with Crippen molar-refractivity contribution >= 4 is 10.0 Å². The lowest BCUT2D eigenvalue weighted by Gasteiger charge is -2.34. The maximum Gasteiger partial charge on any atom is 0.243 e. The fraction of sp³-hybridized carbons (Fsp3) is 0.400. The van der Waals surface area contributed by atoms with Gasteiger partial charge in [0.15, 0.2) is 0 Å². The van der Waals surface area contributed by atoms with Crippen molar-refractivity contribution in [3.05, 3.63) is 65.0 Å². The third-order valence-electron chi connectivity index (χ3n) is 5.36. The van der Waals surface area contributed by atoms with Crippen molar-refractivity contribution in [1.29, 1.82) is 0 Å². The number of hydrogen-bond donors (Lipinski definition) is 0. The van der Waals surface area contributed by atoms with Crippen molar-refractivity contribution in [2.24, 2.45) is 0 Å². The molecule has 1 heterocycles. The molecule has 0 radical (unpaired) electrons. The van der Waals surface area contributed by atoms with Crippen LogP contribution in [0.2, 0.25) is 0 Å². The zero-order valence-electron chi connectivity index (χ0n) is 14.7. The zero-order valence-corrected chi connectivity index (χ0v) is 15.5. The summed E-state index contributed by atoms with van der Waals surface area (Å²) < 4.78 is 40.5. The van der Waals surface area contributed by atoms with Gasteiger partial charge in [-0.25, -0.2) is 12.8 Å². The molecule has 0 saturated carbocycles. The fourth-order valence-corrected chi connectivity index (χ4v) is 5.31. The number of fused-ring (bicyclic) bond motifs is 1. The summed E-state index contributed by atoms with van der Waals surface area (Å²) in [4.78, 5) is 2.63. The van der Waals surface area contributed by atoms with Crippen LogP contribution in [-0.4, -0.2) is 43.8 Å². The quantitative estimate of drug-likeness (QED) is 0.826. The summed E-state index contributed by atoms with van der Waals surface area (Å²) in [5.74, 6) is -0.237. The summed E-state index contributed by atoms with van der Waals surface area (Å²) >= 11 is 0. The second-order valence-corrected chi connectivity index (χ2v) is 9.03. The fourth-order valence-electron chi connectivity index (χ4n) is 3.83. The third-order valence-corrected chi connectivity index (χ3v) is 7.25. The molecule has 0 spiro atoms. The Hall–Kier alpha value is -1.76. The third kappa shape index (κ3) is 3.54. The monoisotopic (exact) mass is 374 g/mol. The Morgan fingerprint density at radius 2 is 1.58 bits per heavy atom. The van der Waals surface area contributed by atoms with Gasteiger partial charge in [0.2, 0.25) is 10.0 Å². The Labute approximate surface area is 154 Å². The molecular weight excluding hydrogens is 351 g/mol. The van der Waals surface area contributed by atoms with E-state index in [0.29, 0.717) is 37.6 Å². The minimum Gasteiger partial charge on any atom is -0.296 e. The number of halogens is 1. The Morgan fingerprint density at radius 3 is 2.31 bits per heavy atom. The molecule has 1 saturated heterocycles. The van der Waals surface area contributed by atoms with E-state index >= 15 is 0 Å². The summed E-state index contributed by atoms with van der Waals surface area (Å²) in [6.45, 7) is 3.05. The van der Waals surface area contributed by atoms with Gasteiger partial charge >= 0.3 is 0 Å². The maximum absolute atomic E-state index is 13.0. The molecule has 6 heteroatoms. The second-order valence-electron chi connectivity index (χ2n) is 7.09. The van der Waals surface area contributed by atoms with Gasteiger partial charge in [0.25, 0.3) is 0 Å². The molecule has 2 aliphatic rings. The molecule has 138 valence electrons. The molecule has 0 aromatic heterocycles. The molecule has 2 aromatic carbocycles. The highest BCUT2D eigenvalue weighted by Crippen LogP contribution is 2.26. The summed E-state index contributed by atoms with van der Waals surface area (Å²) in [7, 11) is -3.43. The van der Waals surface area contributed by atoms with E-state index in [4.69, 9.17) is 0 Å². The number of aryl methyl sites for hydroxylation is 2. The molecule has 26 heavy (non-hydrogen) atoms. The van der Waals surface area contributed by atoms with E-state index in [0.717, 1.165) is 24.8 Å². The molecule has 0 unspecified atom stereocenters. The molecule has 1 aliphatic carbocycles. The Balaban J connectivity index is 1.41. The molecule has 1 fully saturated rings. The Kier molecular flexibility index (Phi) is 4.82. The highest BCUT2D eigenvalue weighted by molar-refractivity contribution is 7.89. The highest BCUT2D eigenvalue weighted by atomic mass is 32.2. The molecule has 4 rings (SSSR count).